The van der Waals surface area contributed by atoms with Gasteiger partial charge in [-0.2, -0.15) is 0 Å². The molecule has 0 spiro atoms. The number of para-hydroxylation sites is 1. The van der Waals surface area contributed by atoms with Gasteiger partial charge in [0, 0.05) is 11.1 Å². The Kier molecular flexibility index (Phi) is 3.22. The predicted molar refractivity (Wildman–Crippen MR) is 76.2 cm³/mol. The van der Waals surface area contributed by atoms with Crippen molar-refractivity contribution in [2.45, 2.75) is 19.8 Å². The summed E-state index contributed by atoms with van der Waals surface area (Å²) in [5.41, 5.74) is 2.68. The fourth-order valence-electron chi connectivity index (χ4n) is 2.12. The molecule has 19 heavy (non-hydrogen) atoms. The van der Waals surface area contributed by atoms with Crippen molar-refractivity contribution < 1.29 is 4.42 Å². The third-order valence-electron chi connectivity index (χ3n) is 2.98. The summed E-state index contributed by atoms with van der Waals surface area (Å²) in [6.07, 6.45) is 3.61. The molecule has 1 aromatic carbocycles. The normalized spacial score (nSPS) is 11.1. The molecule has 0 aliphatic rings. The molecule has 0 aliphatic carbocycles. The second kappa shape index (κ2) is 5.02. The van der Waals surface area contributed by atoms with Crippen molar-refractivity contribution in [2.24, 2.45) is 0 Å². The van der Waals surface area contributed by atoms with E-state index in [-0.39, 0.29) is 0 Å². The maximum atomic E-state index is 6.07. The van der Waals surface area contributed by atoms with Crippen LogP contribution in [0.5, 0.6) is 0 Å². The Labute approximate surface area is 116 Å². The Morgan fingerprint density at radius 1 is 1.21 bits per heavy atom. The molecule has 4 heteroatoms. The van der Waals surface area contributed by atoms with Gasteiger partial charge in [-0.1, -0.05) is 43.1 Å². The Balaban J connectivity index is 2.15. The molecule has 2 heterocycles. The number of halogens is 1. The van der Waals surface area contributed by atoms with Crippen LogP contribution in [0.3, 0.4) is 0 Å². The second-order valence-corrected chi connectivity index (χ2v) is 4.79. The van der Waals surface area contributed by atoms with E-state index in [0.29, 0.717) is 11.0 Å². The number of furan rings is 1. The summed E-state index contributed by atoms with van der Waals surface area (Å²) >= 11 is 6.07. The first-order valence-corrected chi connectivity index (χ1v) is 6.66. The molecule has 0 radical (unpaired) electrons. The molecular formula is C15H13ClN2O. The van der Waals surface area contributed by atoms with E-state index in [1.165, 1.54) is 0 Å². The lowest BCUT2D eigenvalue weighted by molar-refractivity contribution is 0.616. The van der Waals surface area contributed by atoms with E-state index in [9.17, 15) is 0 Å². The lowest BCUT2D eigenvalue weighted by Crippen LogP contribution is -1.95. The molecule has 3 rings (SSSR count). The van der Waals surface area contributed by atoms with Crippen molar-refractivity contribution >= 4 is 22.6 Å². The fraction of sp³-hybridized carbons (Fsp3) is 0.200. The van der Waals surface area contributed by atoms with E-state index >= 15 is 0 Å². The summed E-state index contributed by atoms with van der Waals surface area (Å²) in [6.45, 7) is 2.11. The zero-order valence-corrected chi connectivity index (χ0v) is 11.3. The summed E-state index contributed by atoms with van der Waals surface area (Å²) in [5.74, 6) is 0.626. The van der Waals surface area contributed by atoms with E-state index in [1.807, 2.05) is 30.3 Å². The van der Waals surface area contributed by atoms with Crippen LogP contribution in [0.4, 0.5) is 0 Å². The number of nitrogens with zero attached hydrogens (tertiary/aromatic N) is 2. The van der Waals surface area contributed by atoms with Crippen LogP contribution in [0.15, 0.2) is 41.0 Å². The molecule has 3 aromatic rings. The highest BCUT2D eigenvalue weighted by molar-refractivity contribution is 6.29. The third kappa shape index (κ3) is 2.34. The van der Waals surface area contributed by atoms with Crippen molar-refractivity contribution in [3.63, 3.8) is 0 Å². The van der Waals surface area contributed by atoms with Crippen molar-refractivity contribution in [1.29, 1.82) is 0 Å². The Morgan fingerprint density at radius 2 is 2.05 bits per heavy atom. The molecule has 0 aliphatic heterocycles. The number of aryl methyl sites for hydroxylation is 1. The number of rotatable bonds is 3. The minimum Gasteiger partial charge on any atom is -0.464 e. The number of aromatic nitrogens is 2. The fourth-order valence-corrected chi connectivity index (χ4v) is 2.33. The molecule has 0 amide bonds. The van der Waals surface area contributed by atoms with Gasteiger partial charge in [-0.3, -0.25) is 0 Å². The van der Waals surface area contributed by atoms with Gasteiger partial charge in [-0.05, 0) is 18.6 Å². The molecule has 0 bridgehead atoms. The van der Waals surface area contributed by atoms with Gasteiger partial charge >= 0.3 is 0 Å². The van der Waals surface area contributed by atoms with Gasteiger partial charge in [0.1, 0.15) is 17.0 Å². The standard InChI is InChI=1S/C15H13ClN2O/c1-2-5-10-8-14(16)18-15(17-10)12-9-19-13-7-4-3-6-11(12)13/h3-4,6-9H,2,5H2,1H3. The molecule has 0 unspecified atom stereocenters. The van der Waals surface area contributed by atoms with E-state index in [1.54, 1.807) is 6.26 Å². The lowest BCUT2D eigenvalue weighted by Gasteiger charge is -2.03. The van der Waals surface area contributed by atoms with Crippen molar-refractivity contribution in [1.82, 2.24) is 9.97 Å². The average molecular weight is 273 g/mol. The summed E-state index contributed by atoms with van der Waals surface area (Å²) in [6, 6.07) is 9.65. The average Bonchev–Trinajstić information content (AvgIpc) is 2.82. The van der Waals surface area contributed by atoms with Crippen LogP contribution in [0.2, 0.25) is 5.15 Å². The molecule has 0 saturated heterocycles. The van der Waals surface area contributed by atoms with Gasteiger partial charge in [0.2, 0.25) is 0 Å². The quantitative estimate of drug-likeness (QED) is 0.659. The maximum Gasteiger partial charge on any atom is 0.164 e. The Bertz CT molecular complexity index is 721. The SMILES string of the molecule is CCCc1cc(Cl)nc(-c2coc3ccccc23)n1. The van der Waals surface area contributed by atoms with Crippen molar-refractivity contribution in [2.75, 3.05) is 0 Å². The first-order valence-electron chi connectivity index (χ1n) is 6.28. The van der Waals surface area contributed by atoms with E-state index < -0.39 is 0 Å². The minimum atomic E-state index is 0.471. The van der Waals surface area contributed by atoms with Crippen LogP contribution in [0.25, 0.3) is 22.4 Å². The highest BCUT2D eigenvalue weighted by atomic mass is 35.5. The molecule has 0 saturated carbocycles. The van der Waals surface area contributed by atoms with Gasteiger partial charge in [-0.15, -0.1) is 0 Å². The van der Waals surface area contributed by atoms with Crippen molar-refractivity contribution in [3.05, 3.63) is 47.4 Å². The Hall–Kier alpha value is -1.87. The molecule has 2 aromatic heterocycles. The third-order valence-corrected chi connectivity index (χ3v) is 3.17. The van der Waals surface area contributed by atoms with Crippen LogP contribution >= 0.6 is 11.6 Å². The zero-order valence-electron chi connectivity index (χ0n) is 10.6. The first-order chi connectivity index (χ1) is 9.28. The number of benzene rings is 1. The van der Waals surface area contributed by atoms with Gasteiger partial charge < -0.3 is 4.42 Å². The highest BCUT2D eigenvalue weighted by Crippen LogP contribution is 2.29. The first kappa shape index (κ1) is 12.2. The van der Waals surface area contributed by atoms with Gasteiger partial charge in [0.05, 0.1) is 5.56 Å². The topological polar surface area (TPSA) is 38.9 Å². The van der Waals surface area contributed by atoms with Crippen LogP contribution in [-0.4, -0.2) is 9.97 Å². The molecule has 96 valence electrons. The van der Waals surface area contributed by atoms with E-state index in [2.05, 4.69) is 16.9 Å². The van der Waals surface area contributed by atoms with Gasteiger partial charge in [0.25, 0.3) is 0 Å². The molecule has 0 fully saturated rings. The largest absolute Gasteiger partial charge is 0.464 e. The van der Waals surface area contributed by atoms with Crippen LogP contribution in [0, 0.1) is 0 Å². The van der Waals surface area contributed by atoms with Crippen LogP contribution in [0.1, 0.15) is 19.0 Å². The van der Waals surface area contributed by atoms with Gasteiger partial charge in [0.15, 0.2) is 5.82 Å². The summed E-state index contributed by atoms with van der Waals surface area (Å²) < 4.78 is 5.52. The molecule has 0 N–H and O–H groups in total. The monoisotopic (exact) mass is 272 g/mol. The molecular weight excluding hydrogens is 260 g/mol. The summed E-state index contributed by atoms with van der Waals surface area (Å²) in [4.78, 5) is 8.86. The van der Waals surface area contributed by atoms with Gasteiger partial charge in [-0.25, -0.2) is 9.97 Å². The highest BCUT2D eigenvalue weighted by Gasteiger charge is 2.12. The molecule has 3 nitrogen and oxygen atoms in total. The van der Waals surface area contributed by atoms with Crippen LogP contribution < -0.4 is 0 Å². The predicted octanol–water partition coefficient (Wildman–Crippen LogP) is 4.50. The summed E-state index contributed by atoms with van der Waals surface area (Å²) in [5, 5.41) is 1.48. The maximum absolute atomic E-state index is 6.07. The minimum absolute atomic E-state index is 0.471. The zero-order chi connectivity index (χ0) is 13.2. The number of hydrogen-bond acceptors (Lipinski definition) is 3. The van der Waals surface area contributed by atoms with Crippen molar-refractivity contribution in [3.8, 4) is 11.4 Å². The summed E-state index contributed by atoms with van der Waals surface area (Å²) in [7, 11) is 0. The van der Waals surface area contributed by atoms with Crippen LogP contribution in [-0.2, 0) is 6.42 Å². The second-order valence-electron chi connectivity index (χ2n) is 4.40. The lowest BCUT2D eigenvalue weighted by atomic mass is 10.1. The smallest absolute Gasteiger partial charge is 0.164 e. The van der Waals surface area contributed by atoms with E-state index in [4.69, 9.17) is 16.0 Å². The van der Waals surface area contributed by atoms with E-state index in [0.717, 1.165) is 35.1 Å². The molecule has 0 atom stereocenters. The number of hydrogen-bond donors (Lipinski definition) is 0. The number of fused-ring (bicyclic) bond motifs is 1. The Morgan fingerprint density at radius 3 is 2.89 bits per heavy atom.